The Morgan fingerprint density at radius 1 is 0.833 bits per heavy atom. The van der Waals surface area contributed by atoms with Gasteiger partial charge in [-0.15, -0.1) is 0 Å². The summed E-state index contributed by atoms with van der Waals surface area (Å²) in [5.41, 5.74) is 0. The minimum atomic E-state index is -5.59. The fourth-order valence-corrected chi connectivity index (χ4v) is 4.65. The van der Waals surface area contributed by atoms with Crippen molar-refractivity contribution >= 4 is 37.1 Å². The average molecular weight is 595 g/mol. The van der Waals surface area contributed by atoms with Crippen LogP contribution in [0.5, 0.6) is 0 Å². The smallest absolute Gasteiger partial charge is 0.397 e. The summed E-state index contributed by atoms with van der Waals surface area (Å²) in [4.78, 5) is 11.3. The minimum absolute atomic E-state index is 1.27. The molecule has 0 aromatic heterocycles. The maximum Gasteiger partial charge on any atom is 0.397 e. The highest BCUT2D eigenvalue weighted by atomic mass is 32.3. The maximum atomic E-state index is 11.4. The summed E-state index contributed by atoms with van der Waals surface area (Å²) in [5.74, 6) is -1.89. The van der Waals surface area contributed by atoms with Crippen molar-refractivity contribution in [3.05, 3.63) is 0 Å². The number of aliphatic hydroxyl groups excluding tert-OH is 4. The third-order valence-corrected chi connectivity index (χ3v) is 6.14. The Balaban J connectivity index is 2.53. The van der Waals surface area contributed by atoms with Crippen LogP contribution in [0.3, 0.4) is 0 Å². The van der Waals surface area contributed by atoms with Gasteiger partial charge in [0.2, 0.25) is 0 Å². The van der Waals surface area contributed by atoms with Crippen LogP contribution in [0.4, 0.5) is 0 Å². The highest BCUT2D eigenvalue weighted by Crippen LogP contribution is 2.31. The number of aliphatic hydroxyl groups is 4. The van der Waals surface area contributed by atoms with E-state index in [-0.39, 0.29) is 0 Å². The van der Waals surface area contributed by atoms with Crippen molar-refractivity contribution in [3.8, 4) is 0 Å². The zero-order valence-corrected chi connectivity index (χ0v) is 19.6. The Labute approximate surface area is 201 Å². The van der Waals surface area contributed by atoms with Gasteiger partial charge in [0.1, 0.15) is 42.7 Å². The second-order valence-electron chi connectivity index (χ2n) is 7.22. The van der Waals surface area contributed by atoms with E-state index in [4.69, 9.17) is 33.0 Å². The van der Waals surface area contributed by atoms with E-state index < -0.39 is 105 Å². The van der Waals surface area contributed by atoms with E-state index in [0.29, 0.717) is 0 Å². The Bertz CT molecular complexity index is 1110. The third-order valence-electron chi connectivity index (χ3n) is 4.67. The molecule has 2 aliphatic heterocycles. The van der Waals surface area contributed by atoms with Gasteiger partial charge in [-0.1, -0.05) is 0 Å². The molecular weight excluding hydrogens is 574 g/mol. The summed E-state index contributed by atoms with van der Waals surface area (Å²) in [6.45, 7) is -1.36. The molecule has 0 aromatic carbocycles. The lowest BCUT2D eigenvalue weighted by atomic mass is 9.96. The fraction of sp³-hybridized carbons (Fsp3) is 0.917. The first kappa shape index (κ1) is 31.0. The quantitative estimate of drug-likeness (QED) is 0.106. The lowest BCUT2D eigenvalue weighted by Gasteiger charge is -2.46. The maximum absolute atomic E-state index is 11.4. The second-order valence-corrected chi connectivity index (χ2v) is 10.5. The van der Waals surface area contributed by atoms with Crippen LogP contribution in [0, 0.1) is 0 Å². The first-order valence-electron chi connectivity index (χ1n) is 9.14. The molecule has 0 bridgehead atoms. The number of aliphatic carboxylic acids is 1. The van der Waals surface area contributed by atoms with Gasteiger partial charge in [0.05, 0.1) is 6.61 Å². The molecule has 0 amide bonds. The Morgan fingerprint density at radius 2 is 1.42 bits per heavy atom. The summed E-state index contributed by atoms with van der Waals surface area (Å²) in [6, 6.07) is -2.39. The molecule has 21 nitrogen and oxygen atoms in total. The van der Waals surface area contributed by atoms with Crippen LogP contribution >= 0.6 is 0 Å². The van der Waals surface area contributed by atoms with Crippen LogP contribution in [0.1, 0.15) is 0 Å². The van der Waals surface area contributed by atoms with E-state index in [0.717, 1.165) is 0 Å². The molecule has 9 N–H and O–H groups in total. The summed E-state index contributed by atoms with van der Waals surface area (Å²) < 4.78 is 119. The summed E-state index contributed by atoms with van der Waals surface area (Å²) in [7, 11) is -16.1. The van der Waals surface area contributed by atoms with Gasteiger partial charge >= 0.3 is 37.1 Å². The lowest BCUT2D eigenvalue weighted by molar-refractivity contribution is -0.337. The van der Waals surface area contributed by atoms with Gasteiger partial charge in [0.15, 0.2) is 18.7 Å². The molecule has 0 spiro atoms. The molecule has 0 unspecified atom stereocenters. The van der Waals surface area contributed by atoms with E-state index in [1.807, 2.05) is 0 Å². The van der Waals surface area contributed by atoms with Gasteiger partial charge in [0.25, 0.3) is 0 Å². The molecular formula is C12H21NO20S3. The minimum Gasteiger partial charge on any atom is -0.479 e. The zero-order valence-electron chi connectivity index (χ0n) is 17.2. The fourth-order valence-electron chi connectivity index (χ4n) is 3.24. The predicted molar refractivity (Wildman–Crippen MR) is 102 cm³/mol. The van der Waals surface area contributed by atoms with Gasteiger partial charge in [-0.3, -0.25) is 13.7 Å². The van der Waals surface area contributed by atoms with Crippen LogP contribution in [-0.4, -0.2) is 138 Å². The summed E-state index contributed by atoms with van der Waals surface area (Å²) in [6.07, 6.45) is -20.9. The molecule has 212 valence electrons. The van der Waals surface area contributed by atoms with E-state index >= 15 is 0 Å². The van der Waals surface area contributed by atoms with Crippen molar-refractivity contribution in [3.63, 3.8) is 0 Å². The van der Waals surface area contributed by atoms with Gasteiger partial charge < -0.3 is 39.7 Å². The van der Waals surface area contributed by atoms with Crippen molar-refractivity contribution in [2.24, 2.45) is 0 Å². The van der Waals surface area contributed by atoms with E-state index in [2.05, 4.69) is 8.37 Å². The number of hydrogen-bond acceptors (Lipinski definition) is 16. The SMILES string of the molecule is O=C(O)[C@@H]1O[C@@H](O[C@H]2[C@H](OS(=O)(=O)O)[C@@H](NS(=O)(=O)O)[C@@H](O)O[C@@H]2COS(=O)(=O)O)[C@H](O)[C@@H](O)[C@@H]1O. The van der Waals surface area contributed by atoms with E-state index in [1.54, 1.807) is 0 Å². The van der Waals surface area contributed by atoms with Gasteiger partial charge in [0, 0.05) is 0 Å². The number of nitrogens with one attached hydrogen (secondary N) is 1. The normalized spacial score (nSPS) is 38.5. The van der Waals surface area contributed by atoms with Crippen molar-refractivity contribution < 1.29 is 91.8 Å². The van der Waals surface area contributed by atoms with Gasteiger partial charge in [-0.05, 0) is 0 Å². The van der Waals surface area contributed by atoms with Gasteiger partial charge in [-0.2, -0.15) is 30.0 Å². The number of carboxylic acids is 1. The van der Waals surface area contributed by atoms with Crippen molar-refractivity contribution in [1.82, 2.24) is 4.72 Å². The predicted octanol–water partition coefficient (Wildman–Crippen LogP) is -6.25. The molecule has 0 radical (unpaired) electrons. The number of ether oxygens (including phenoxy) is 3. The molecule has 2 aliphatic rings. The second kappa shape index (κ2) is 11.3. The van der Waals surface area contributed by atoms with Crippen LogP contribution in [0.2, 0.25) is 0 Å². The topological polar surface area (TPSA) is 340 Å². The number of carboxylic acid groups (broad SMARTS) is 1. The Morgan fingerprint density at radius 3 is 1.89 bits per heavy atom. The first-order chi connectivity index (χ1) is 16.2. The van der Waals surface area contributed by atoms with Gasteiger partial charge in [-0.25, -0.2) is 13.2 Å². The molecule has 0 aliphatic carbocycles. The molecule has 2 saturated heterocycles. The monoisotopic (exact) mass is 595 g/mol. The highest BCUT2D eigenvalue weighted by Gasteiger charge is 2.54. The number of carbonyl (C=O) groups is 1. The summed E-state index contributed by atoms with van der Waals surface area (Å²) in [5, 5.41) is 49.0. The molecule has 0 saturated carbocycles. The molecule has 2 rings (SSSR count). The highest BCUT2D eigenvalue weighted by molar-refractivity contribution is 7.83. The van der Waals surface area contributed by atoms with Crippen LogP contribution in [0.25, 0.3) is 0 Å². The zero-order chi connectivity index (χ0) is 27.8. The van der Waals surface area contributed by atoms with Crippen molar-refractivity contribution in [2.45, 2.75) is 61.3 Å². The number of rotatable bonds is 10. The van der Waals surface area contributed by atoms with Crippen molar-refractivity contribution in [2.75, 3.05) is 6.61 Å². The molecule has 10 atom stereocenters. The molecule has 0 aromatic rings. The van der Waals surface area contributed by atoms with E-state index in [1.165, 1.54) is 4.72 Å². The molecule has 2 heterocycles. The Hall–Kier alpha value is -1.20. The summed E-state index contributed by atoms with van der Waals surface area (Å²) >= 11 is 0. The van der Waals surface area contributed by atoms with Crippen LogP contribution in [0.15, 0.2) is 0 Å². The molecule has 36 heavy (non-hydrogen) atoms. The van der Waals surface area contributed by atoms with Crippen molar-refractivity contribution in [1.29, 1.82) is 0 Å². The largest absolute Gasteiger partial charge is 0.479 e. The van der Waals surface area contributed by atoms with E-state index in [9.17, 15) is 50.5 Å². The third kappa shape index (κ3) is 8.41. The molecule has 2 fully saturated rings. The first-order valence-corrected chi connectivity index (χ1v) is 13.3. The average Bonchev–Trinajstić information content (AvgIpc) is 2.68. The number of hydrogen-bond donors (Lipinski definition) is 9. The Kier molecular flexibility index (Phi) is 9.71. The van der Waals surface area contributed by atoms with Crippen LogP contribution < -0.4 is 4.72 Å². The molecule has 24 heteroatoms. The lowest BCUT2D eigenvalue weighted by Crippen LogP contribution is -2.68. The van der Waals surface area contributed by atoms with Crippen LogP contribution in [-0.2, 0) is 58.5 Å². The standard InChI is InChI=1S/C12H21NO20S3/c14-4-5(15)9(10(17)18)32-12(6(4)16)31-7-2(1-29-35(23,24)25)30-11(19)3(13-34(20,21)22)8(7)33-36(26,27)28/h2-9,11-16,19H,1H2,(H,17,18)(H,20,21,22)(H,23,24,25)(H,26,27,28)/t2-,3-,4+,5+,6-,7-,8-,9-,11+,12-/m1/s1.